The van der Waals surface area contributed by atoms with E-state index in [1.165, 1.54) is 0 Å². The molecule has 0 amide bonds. The third-order valence-corrected chi connectivity index (χ3v) is 3.06. The molecule has 0 aliphatic rings. The number of nitrogens with zero attached hydrogens (tertiary/aromatic N) is 3. The van der Waals surface area contributed by atoms with Gasteiger partial charge in [0.2, 0.25) is 0 Å². The van der Waals surface area contributed by atoms with Gasteiger partial charge in [-0.05, 0) is 19.1 Å². The van der Waals surface area contributed by atoms with Crippen LogP contribution < -0.4 is 0 Å². The zero-order valence-corrected chi connectivity index (χ0v) is 10.5. The lowest BCUT2D eigenvalue weighted by atomic mass is 10.1. The third kappa shape index (κ3) is 1.97. The predicted octanol–water partition coefficient (Wildman–Crippen LogP) is 3.16. The predicted molar refractivity (Wildman–Crippen MR) is 72.8 cm³/mol. The van der Waals surface area contributed by atoms with Gasteiger partial charge in [0.1, 0.15) is 0 Å². The lowest BCUT2D eigenvalue weighted by molar-refractivity contribution is 0.185. The van der Waals surface area contributed by atoms with E-state index in [-0.39, 0.29) is 0 Å². The van der Waals surface area contributed by atoms with Gasteiger partial charge in [0.05, 0.1) is 11.4 Å². The summed E-state index contributed by atoms with van der Waals surface area (Å²) in [5.74, 6) is 0.527. The number of benzene rings is 1. The Balaban J connectivity index is 2.16. The summed E-state index contributed by atoms with van der Waals surface area (Å²) < 4.78 is 1.12. The lowest BCUT2D eigenvalue weighted by Gasteiger charge is -2.00. The summed E-state index contributed by atoms with van der Waals surface area (Å²) in [6.07, 6.45) is 3.36. The molecule has 0 aliphatic heterocycles. The van der Waals surface area contributed by atoms with E-state index < -0.39 is 0 Å². The van der Waals surface area contributed by atoms with Crippen LogP contribution in [0.2, 0.25) is 0 Å². The molecule has 19 heavy (non-hydrogen) atoms. The van der Waals surface area contributed by atoms with Crippen molar-refractivity contribution in [3.63, 3.8) is 0 Å². The van der Waals surface area contributed by atoms with Crippen LogP contribution >= 0.6 is 0 Å². The van der Waals surface area contributed by atoms with Gasteiger partial charge in [-0.1, -0.05) is 30.3 Å². The number of hydrogen-bond acceptors (Lipinski definition) is 3. The maximum Gasteiger partial charge on any atom is 0.176 e. The van der Waals surface area contributed by atoms with E-state index in [2.05, 4.69) is 9.97 Å². The Morgan fingerprint density at radius 2 is 1.63 bits per heavy atom. The van der Waals surface area contributed by atoms with Gasteiger partial charge < -0.3 is 5.21 Å². The van der Waals surface area contributed by atoms with Crippen LogP contribution in [0.5, 0.6) is 0 Å². The molecule has 0 atom stereocenters. The van der Waals surface area contributed by atoms with Gasteiger partial charge in [0.15, 0.2) is 5.82 Å². The van der Waals surface area contributed by atoms with E-state index in [1.807, 2.05) is 49.4 Å². The molecule has 0 fully saturated rings. The van der Waals surface area contributed by atoms with E-state index >= 15 is 0 Å². The summed E-state index contributed by atoms with van der Waals surface area (Å²) in [7, 11) is 0. The largest absolute Gasteiger partial charge is 0.427 e. The summed E-state index contributed by atoms with van der Waals surface area (Å²) in [6.45, 7) is 1.85. The molecule has 94 valence electrons. The van der Waals surface area contributed by atoms with Gasteiger partial charge in [-0.25, -0.2) is 4.98 Å². The molecule has 2 aromatic heterocycles. The number of pyridine rings is 1. The topological polar surface area (TPSA) is 50.9 Å². The van der Waals surface area contributed by atoms with Crippen molar-refractivity contribution in [3.05, 3.63) is 60.6 Å². The summed E-state index contributed by atoms with van der Waals surface area (Å²) in [4.78, 5) is 8.50. The van der Waals surface area contributed by atoms with Gasteiger partial charge in [-0.3, -0.25) is 4.98 Å². The molecule has 4 nitrogen and oxygen atoms in total. The fourth-order valence-electron chi connectivity index (χ4n) is 2.05. The molecule has 3 rings (SSSR count). The second-order valence-corrected chi connectivity index (χ2v) is 4.28. The Bertz CT molecular complexity index is 630. The molecule has 1 N–H and O–H groups in total. The minimum Gasteiger partial charge on any atom is -0.427 e. The average Bonchev–Trinajstić information content (AvgIpc) is 2.77. The Hall–Kier alpha value is -2.62. The highest BCUT2D eigenvalue weighted by Crippen LogP contribution is 2.27. The summed E-state index contributed by atoms with van der Waals surface area (Å²) >= 11 is 0. The van der Waals surface area contributed by atoms with E-state index in [1.54, 1.807) is 12.4 Å². The molecule has 0 spiro atoms. The standard InChI is InChI=1S/C15H13N3O/c1-11-14(12-5-3-2-4-6-12)17-15(18(11)19)13-7-9-16-10-8-13/h2-10,19H,1H3. The quantitative estimate of drug-likeness (QED) is 0.712. The molecule has 0 radical (unpaired) electrons. The molecule has 0 bridgehead atoms. The van der Waals surface area contributed by atoms with Crippen LogP contribution in [-0.4, -0.2) is 19.9 Å². The van der Waals surface area contributed by atoms with Crippen molar-refractivity contribution in [2.75, 3.05) is 0 Å². The SMILES string of the molecule is Cc1c(-c2ccccc2)nc(-c2ccncc2)n1O. The van der Waals surface area contributed by atoms with E-state index in [4.69, 9.17) is 0 Å². The van der Waals surface area contributed by atoms with Crippen molar-refractivity contribution in [2.45, 2.75) is 6.92 Å². The first-order valence-electron chi connectivity index (χ1n) is 6.02. The van der Waals surface area contributed by atoms with Crippen molar-refractivity contribution >= 4 is 0 Å². The molecular formula is C15H13N3O. The number of aromatic nitrogens is 3. The van der Waals surface area contributed by atoms with Gasteiger partial charge in [0.25, 0.3) is 0 Å². The maximum absolute atomic E-state index is 10.2. The first kappa shape index (κ1) is 11.5. The van der Waals surface area contributed by atoms with Crippen LogP contribution in [0.3, 0.4) is 0 Å². The highest BCUT2D eigenvalue weighted by Gasteiger charge is 2.15. The van der Waals surface area contributed by atoms with E-state index in [9.17, 15) is 5.21 Å². The Kier molecular flexibility index (Phi) is 2.76. The molecule has 0 saturated heterocycles. The number of hydrogen-bond donors (Lipinski definition) is 1. The minimum atomic E-state index is 0.527. The minimum absolute atomic E-state index is 0.527. The Morgan fingerprint density at radius 1 is 0.947 bits per heavy atom. The fourth-order valence-corrected chi connectivity index (χ4v) is 2.05. The van der Waals surface area contributed by atoms with Crippen LogP contribution in [0.1, 0.15) is 5.69 Å². The first-order valence-corrected chi connectivity index (χ1v) is 6.02. The Labute approximate surface area is 111 Å². The van der Waals surface area contributed by atoms with Crippen LogP contribution in [0.25, 0.3) is 22.6 Å². The molecule has 0 saturated carbocycles. The average molecular weight is 251 g/mol. The van der Waals surface area contributed by atoms with Crippen molar-refractivity contribution in [1.82, 2.24) is 14.7 Å². The number of rotatable bonds is 2. The Morgan fingerprint density at radius 3 is 2.32 bits per heavy atom. The fraction of sp³-hybridized carbons (Fsp3) is 0.0667. The molecule has 2 heterocycles. The summed E-state index contributed by atoms with van der Waals surface area (Å²) in [5, 5.41) is 10.2. The molecule has 0 unspecified atom stereocenters. The van der Waals surface area contributed by atoms with Crippen molar-refractivity contribution < 1.29 is 5.21 Å². The molecule has 3 aromatic rings. The highest BCUT2D eigenvalue weighted by molar-refractivity contribution is 5.67. The highest BCUT2D eigenvalue weighted by atomic mass is 16.5. The third-order valence-electron chi connectivity index (χ3n) is 3.06. The van der Waals surface area contributed by atoms with Crippen LogP contribution in [0.4, 0.5) is 0 Å². The van der Waals surface area contributed by atoms with E-state index in [0.717, 1.165) is 27.2 Å². The summed E-state index contributed by atoms with van der Waals surface area (Å²) in [6, 6.07) is 13.5. The normalized spacial score (nSPS) is 10.6. The van der Waals surface area contributed by atoms with Crippen LogP contribution in [-0.2, 0) is 0 Å². The molecule has 0 aliphatic carbocycles. The zero-order chi connectivity index (χ0) is 13.2. The second kappa shape index (κ2) is 4.57. The monoisotopic (exact) mass is 251 g/mol. The zero-order valence-electron chi connectivity index (χ0n) is 10.5. The van der Waals surface area contributed by atoms with Crippen molar-refractivity contribution in [1.29, 1.82) is 0 Å². The van der Waals surface area contributed by atoms with Gasteiger partial charge in [-0.2, -0.15) is 4.73 Å². The first-order chi connectivity index (χ1) is 9.27. The molecule has 4 heteroatoms. The lowest BCUT2D eigenvalue weighted by Crippen LogP contribution is -1.96. The van der Waals surface area contributed by atoms with Crippen molar-refractivity contribution in [3.8, 4) is 22.6 Å². The van der Waals surface area contributed by atoms with Gasteiger partial charge >= 0.3 is 0 Å². The molecule has 1 aromatic carbocycles. The van der Waals surface area contributed by atoms with Gasteiger partial charge in [-0.15, -0.1) is 0 Å². The maximum atomic E-state index is 10.2. The second-order valence-electron chi connectivity index (χ2n) is 4.28. The summed E-state index contributed by atoms with van der Waals surface area (Å²) in [5.41, 5.74) is 3.33. The van der Waals surface area contributed by atoms with Crippen LogP contribution in [0, 0.1) is 6.92 Å². The molecular weight excluding hydrogens is 238 g/mol. The van der Waals surface area contributed by atoms with Gasteiger partial charge in [0, 0.05) is 23.5 Å². The van der Waals surface area contributed by atoms with E-state index in [0.29, 0.717) is 5.82 Å². The number of imidazole rings is 1. The smallest absolute Gasteiger partial charge is 0.176 e. The van der Waals surface area contributed by atoms with Crippen LogP contribution in [0.15, 0.2) is 54.9 Å². The van der Waals surface area contributed by atoms with Crippen molar-refractivity contribution in [2.24, 2.45) is 0 Å².